The van der Waals surface area contributed by atoms with E-state index in [1.807, 2.05) is 61.8 Å². The number of hydrogen-bond donors (Lipinski definition) is 3. The van der Waals surface area contributed by atoms with Crippen molar-refractivity contribution < 1.29 is 9.59 Å². The number of halogens is 2. The van der Waals surface area contributed by atoms with Crippen LogP contribution < -0.4 is 16.0 Å². The molecule has 0 fully saturated rings. The van der Waals surface area contributed by atoms with Crippen LogP contribution in [0.4, 0.5) is 11.8 Å². The maximum atomic E-state index is 14.1. The van der Waals surface area contributed by atoms with Crippen LogP contribution in [-0.2, 0) is 24.2 Å². The average molecular weight is 650 g/mol. The fourth-order valence-corrected chi connectivity index (χ4v) is 6.05. The molecule has 0 atom stereocenters. The summed E-state index contributed by atoms with van der Waals surface area (Å²) in [5.41, 5.74) is 9.72. The van der Waals surface area contributed by atoms with Crippen molar-refractivity contribution >= 4 is 68.7 Å². The van der Waals surface area contributed by atoms with Crippen LogP contribution in [0.15, 0.2) is 54.7 Å². The molecule has 12 heteroatoms. The van der Waals surface area contributed by atoms with Gasteiger partial charge in [-0.15, -0.1) is 0 Å². The van der Waals surface area contributed by atoms with Crippen LogP contribution in [0.5, 0.6) is 0 Å². The third-order valence-electron chi connectivity index (χ3n) is 7.57. The van der Waals surface area contributed by atoms with Gasteiger partial charge in [-0.05, 0) is 54.2 Å². The maximum absolute atomic E-state index is 14.1. The Labute approximate surface area is 272 Å². The highest BCUT2D eigenvalue weighted by atomic mass is 35.5. The zero-order valence-electron chi connectivity index (χ0n) is 25.9. The summed E-state index contributed by atoms with van der Waals surface area (Å²) < 4.78 is 1.89. The number of para-hydroxylation sites is 1. The molecule has 5 aromatic rings. The number of amides is 2. The second-order valence-electron chi connectivity index (χ2n) is 11.8. The van der Waals surface area contributed by atoms with Gasteiger partial charge >= 0.3 is 0 Å². The van der Waals surface area contributed by atoms with Crippen molar-refractivity contribution in [3.05, 3.63) is 81.6 Å². The number of aromatic nitrogens is 4. The predicted molar refractivity (Wildman–Crippen MR) is 182 cm³/mol. The van der Waals surface area contributed by atoms with E-state index in [0.717, 1.165) is 22.9 Å². The summed E-state index contributed by atoms with van der Waals surface area (Å²) in [4.78, 5) is 42.5. The number of hydrogen-bond acceptors (Lipinski definition) is 6. The van der Waals surface area contributed by atoms with Crippen molar-refractivity contribution in [1.29, 1.82) is 0 Å². The number of benzene rings is 2. The smallest absolute Gasteiger partial charge is 0.271 e. The molecular formula is C33H38Cl2N8O2. The minimum atomic E-state index is -0.574. The van der Waals surface area contributed by atoms with Gasteiger partial charge in [-0.3, -0.25) is 9.59 Å². The highest BCUT2D eigenvalue weighted by Crippen LogP contribution is 2.30. The van der Waals surface area contributed by atoms with E-state index in [0.29, 0.717) is 59.2 Å². The Morgan fingerprint density at radius 2 is 1.80 bits per heavy atom. The first-order valence-electron chi connectivity index (χ1n) is 14.9. The van der Waals surface area contributed by atoms with Crippen LogP contribution in [0, 0.1) is 5.92 Å². The van der Waals surface area contributed by atoms with E-state index >= 15 is 0 Å². The molecule has 4 N–H and O–H groups in total. The molecule has 45 heavy (non-hydrogen) atoms. The molecule has 0 aliphatic heterocycles. The lowest BCUT2D eigenvalue weighted by atomic mass is 10.1. The molecule has 5 rings (SSSR count). The highest BCUT2D eigenvalue weighted by Gasteiger charge is 2.26. The number of aryl methyl sites for hydroxylation is 2. The minimum absolute atomic E-state index is 0.129. The summed E-state index contributed by atoms with van der Waals surface area (Å²) >= 11 is 12.7. The topological polar surface area (TPSA) is 125 Å². The lowest BCUT2D eigenvalue weighted by molar-refractivity contribution is -0.118. The number of aromatic amines is 1. The Morgan fingerprint density at radius 3 is 2.51 bits per heavy atom. The third-order valence-corrected chi connectivity index (χ3v) is 8.15. The lowest BCUT2D eigenvalue weighted by Crippen LogP contribution is -2.41. The predicted octanol–water partition coefficient (Wildman–Crippen LogP) is 5.77. The monoisotopic (exact) mass is 648 g/mol. The normalized spacial score (nSPS) is 11.4. The van der Waals surface area contributed by atoms with Gasteiger partial charge < -0.3 is 30.4 Å². The number of carbonyl (C=O) groups excluding carboxylic acids is 2. The highest BCUT2D eigenvalue weighted by molar-refractivity contribution is 6.35. The van der Waals surface area contributed by atoms with Gasteiger partial charge in [-0.25, -0.2) is 0 Å². The first-order valence-corrected chi connectivity index (χ1v) is 15.7. The van der Waals surface area contributed by atoms with E-state index in [9.17, 15) is 9.59 Å². The van der Waals surface area contributed by atoms with Gasteiger partial charge in [0.1, 0.15) is 17.2 Å². The van der Waals surface area contributed by atoms with Crippen LogP contribution in [-0.4, -0.2) is 70.0 Å². The van der Waals surface area contributed by atoms with Gasteiger partial charge in [0, 0.05) is 60.9 Å². The van der Waals surface area contributed by atoms with Gasteiger partial charge in [0.05, 0.1) is 11.9 Å². The van der Waals surface area contributed by atoms with Crippen LogP contribution in [0.25, 0.3) is 21.9 Å². The third kappa shape index (κ3) is 7.34. The number of fused-ring (bicyclic) bond motifs is 2. The first-order chi connectivity index (χ1) is 21.5. The largest absolute Gasteiger partial charge is 0.368 e. The van der Waals surface area contributed by atoms with Crippen LogP contribution in [0.1, 0.15) is 35.5 Å². The maximum Gasteiger partial charge on any atom is 0.271 e. The second-order valence-corrected chi connectivity index (χ2v) is 12.6. The molecule has 236 valence electrons. The fourth-order valence-electron chi connectivity index (χ4n) is 5.55. The summed E-state index contributed by atoms with van der Waals surface area (Å²) in [5, 5.41) is 6.40. The van der Waals surface area contributed by atoms with Gasteiger partial charge in [0.2, 0.25) is 11.9 Å². The molecule has 2 amide bonds. The zero-order valence-corrected chi connectivity index (χ0v) is 27.4. The summed E-state index contributed by atoms with van der Waals surface area (Å²) in [6.45, 7) is 5.17. The Hall–Kier alpha value is -4.28. The molecule has 0 bridgehead atoms. The summed E-state index contributed by atoms with van der Waals surface area (Å²) in [5.74, 6) is 0.364. The summed E-state index contributed by atoms with van der Waals surface area (Å²) in [7, 11) is 3.81. The molecule has 10 nitrogen and oxygen atoms in total. The zero-order chi connectivity index (χ0) is 32.2. The van der Waals surface area contributed by atoms with Gasteiger partial charge in [-0.1, -0.05) is 61.3 Å². The molecule has 0 unspecified atom stereocenters. The molecule has 0 radical (unpaired) electrons. The lowest BCUT2D eigenvalue weighted by Gasteiger charge is -2.24. The van der Waals surface area contributed by atoms with E-state index in [2.05, 4.69) is 22.4 Å². The van der Waals surface area contributed by atoms with Crippen molar-refractivity contribution in [1.82, 2.24) is 24.4 Å². The molecule has 0 saturated carbocycles. The number of nitrogens with one attached hydrogen (secondary N) is 2. The number of nitrogens with two attached hydrogens (primary N) is 1. The van der Waals surface area contributed by atoms with Crippen LogP contribution in [0.3, 0.4) is 0 Å². The Kier molecular flexibility index (Phi) is 9.84. The van der Waals surface area contributed by atoms with E-state index < -0.39 is 5.91 Å². The average Bonchev–Trinajstić information content (AvgIpc) is 3.56. The van der Waals surface area contributed by atoms with Crippen molar-refractivity contribution in [3.63, 3.8) is 0 Å². The summed E-state index contributed by atoms with van der Waals surface area (Å²) in [6.07, 6.45) is 3.31. The van der Waals surface area contributed by atoms with E-state index in [-0.39, 0.29) is 18.4 Å². The molecule has 3 aromatic heterocycles. The summed E-state index contributed by atoms with van der Waals surface area (Å²) in [6, 6.07) is 15.4. The fraction of sp³-hybridized carbons (Fsp3) is 0.333. The van der Waals surface area contributed by atoms with Crippen molar-refractivity contribution in [2.45, 2.75) is 33.2 Å². The molecule has 0 aliphatic carbocycles. The Bertz CT molecular complexity index is 1850. The van der Waals surface area contributed by atoms with Crippen LogP contribution >= 0.6 is 23.2 Å². The molecule has 0 spiro atoms. The van der Waals surface area contributed by atoms with E-state index in [4.69, 9.17) is 38.9 Å². The van der Waals surface area contributed by atoms with Gasteiger partial charge in [-0.2, -0.15) is 9.97 Å². The number of rotatable bonds is 13. The van der Waals surface area contributed by atoms with Crippen molar-refractivity contribution in [2.24, 2.45) is 11.7 Å². The minimum Gasteiger partial charge on any atom is -0.368 e. The van der Waals surface area contributed by atoms with E-state index in [1.54, 1.807) is 18.2 Å². The van der Waals surface area contributed by atoms with Gasteiger partial charge in [0.25, 0.3) is 5.91 Å². The van der Waals surface area contributed by atoms with Crippen LogP contribution in [0.2, 0.25) is 10.0 Å². The van der Waals surface area contributed by atoms with Crippen molar-refractivity contribution in [2.75, 3.05) is 43.9 Å². The quantitative estimate of drug-likeness (QED) is 0.149. The SMILES string of the molecule is CC(C)CN(CC(N)=O)C(=O)c1cc2c(N(C)C)nc(NCCc3c[nH]c4ccccc34)nc2n1CCc1ccc(Cl)cc1Cl. The molecular weight excluding hydrogens is 611 g/mol. The van der Waals surface area contributed by atoms with Crippen molar-refractivity contribution in [3.8, 4) is 0 Å². The van der Waals surface area contributed by atoms with E-state index in [1.165, 1.54) is 15.8 Å². The Balaban J connectivity index is 1.54. The van der Waals surface area contributed by atoms with Gasteiger partial charge in [0.15, 0.2) is 0 Å². The Morgan fingerprint density at radius 1 is 1.02 bits per heavy atom. The first kappa shape index (κ1) is 32.1. The standard InChI is InChI=1S/C33H38Cl2N8O2/c1-20(2)18-42(19-29(36)44)32(45)28-16-25-30(41(3)4)39-33(37-13-11-22-17-38-27-8-6-5-7-24(22)27)40-31(25)43(28)14-12-21-9-10-23(34)15-26(21)35/h5-10,15-17,20,38H,11-14,18-19H2,1-4H3,(H2,36,44)(H,37,39,40). The number of nitrogens with zero attached hydrogens (tertiary/aromatic N) is 5. The number of primary amides is 1. The number of anilines is 2. The number of H-pyrrole nitrogens is 1. The molecule has 0 aliphatic rings. The molecule has 3 heterocycles. The second kappa shape index (κ2) is 13.8. The number of carbonyl (C=O) groups is 2. The molecule has 2 aromatic carbocycles. The molecule has 0 saturated heterocycles.